The van der Waals surface area contributed by atoms with E-state index in [0.29, 0.717) is 55.4 Å². The van der Waals surface area contributed by atoms with Crippen LogP contribution in [-0.4, -0.2) is 71.0 Å². The molecule has 4 aliphatic rings. The SMILES string of the molecule is O=C(O)C1CCCN2C(=O)c3cccc(c3)C(=O)C12N1CCC(C2CCNCC2)CC1. The largest absolute Gasteiger partial charge is 0.481 e. The number of piperidine rings is 3. The van der Waals surface area contributed by atoms with Crippen LogP contribution >= 0.6 is 0 Å². The van der Waals surface area contributed by atoms with Gasteiger partial charge in [0.25, 0.3) is 5.91 Å². The summed E-state index contributed by atoms with van der Waals surface area (Å²) in [5.74, 6) is -1.05. The van der Waals surface area contributed by atoms with Crippen molar-refractivity contribution in [1.29, 1.82) is 0 Å². The number of aliphatic carboxylic acids is 1. The minimum absolute atomic E-state index is 0.223. The van der Waals surface area contributed by atoms with Crippen LogP contribution in [0.15, 0.2) is 24.3 Å². The van der Waals surface area contributed by atoms with Gasteiger partial charge in [-0.1, -0.05) is 12.1 Å². The second-order valence-electron chi connectivity index (χ2n) is 9.54. The molecule has 1 amide bonds. The molecule has 0 aliphatic carbocycles. The molecule has 5 rings (SSSR count). The zero-order valence-electron chi connectivity index (χ0n) is 17.9. The molecule has 3 fully saturated rings. The first-order valence-electron chi connectivity index (χ1n) is 11.7. The third-order valence-corrected chi connectivity index (χ3v) is 8.09. The van der Waals surface area contributed by atoms with E-state index >= 15 is 0 Å². The highest BCUT2D eigenvalue weighted by molar-refractivity contribution is 6.12. The quantitative estimate of drug-likeness (QED) is 0.772. The standard InChI is InChI=1S/C24H31N3O4/c28-21-18-3-1-4-19(15-18)22(29)27-12-2-5-20(23(30)31)24(21,27)26-13-8-17(9-14-26)16-6-10-25-11-7-16/h1,3-4,15-17,20,25H,2,5-14H2,(H,30,31). The molecule has 166 valence electrons. The zero-order valence-corrected chi connectivity index (χ0v) is 17.9. The van der Waals surface area contributed by atoms with Gasteiger partial charge in [-0.25, -0.2) is 0 Å². The number of amides is 1. The van der Waals surface area contributed by atoms with E-state index in [9.17, 15) is 19.5 Å². The lowest BCUT2D eigenvalue weighted by atomic mass is 9.74. The summed E-state index contributed by atoms with van der Waals surface area (Å²) in [6, 6.07) is 6.82. The number of benzene rings is 1. The number of fused-ring (bicyclic) bond motifs is 3. The fraction of sp³-hybridized carbons (Fsp3) is 0.625. The number of carboxylic acid groups (broad SMARTS) is 1. The lowest BCUT2D eigenvalue weighted by Gasteiger charge is -2.56. The Hall–Kier alpha value is -2.25. The van der Waals surface area contributed by atoms with Crippen molar-refractivity contribution in [3.05, 3.63) is 35.4 Å². The first-order chi connectivity index (χ1) is 15.0. The molecule has 3 saturated heterocycles. The Morgan fingerprint density at radius 2 is 1.65 bits per heavy atom. The number of carbonyl (C=O) groups is 3. The number of nitrogens with zero attached hydrogens (tertiary/aromatic N) is 2. The predicted octanol–water partition coefficient (Wildman–Crippen LogP) is 2.23. The van der Waals surface area contributed by atoms with E-state index in [0.717, 1.165) is 25.9 Å². The summed E-state index contributed by atoms with van der Waals surface area (Å²) >= 11 is 0. The van der Waals surface area contributed by atoms with E-state index in [1.807, 2.05) is 0 Å². The Balaban J connectivity index is 1.52. The monoisotopic (exact) mass is 425 g/mol. The Morgan fingerprint density at radius 3 is 2.35 bits per heavy atom. The van der Waals surface area contributed by atoms with Crippen LogP contribution in [0.5, 0.6) is 0 Å². The highest BCUT2D eigenvalue weighted by Gasteiger charge is 2.61. The fourth-order valence-electron chi connectivity index (χ4n) is 6.57. The molecule has 2 unspecified atom stereocenters. The maximum absolute atomic E-state index is 14.0. The first kappa shape index (κ1) is 20.6. The van der Waals surface area contributed by atoms with Gasteiger partial charge in [0.15, 0.2) is 5.66 Å². The van der Waals surface area contributed by atoms with Crippen LogP contribution in [0.2, 0.25) is 0 Å². The number of rotatable bonds is 3. The zero-order chi connectivity index (χ0) is 21.6. The average molecular weight is 426 g/mol. The predicted molar refractivity (Wildman–Crippen MR) is 115 cm³/mol. The summed E-state index contributed by atoms with van der Waals surface area (Å²) in [4.78, 5) is 43.6. The number of ketones is 1. The third kappa shape index (κ3) is 3.21. The second kappa shape index (κ2) is 8.02. The van der Waals surface area contributed by atoms with Crippen molar-refractivity contribution in [3.63, 3.8) is 0 Å². The summed E-state index contributed by atoms with van der Waals surface area (Å²) in [6.45, 7) is 3.85. The van der Waals surface area contributed by atoms with E-state index in [1.165, 1.54) is 12.8 Å². The number of carbonyl (C=O) groups excluding carboxylic acids is 2. The lowest BCUT2D eigenvalue weighted by molar-refractivity contribution is -0.158. The van der Waals surface area contributed by atoms with Crippen molar-refractivity contribution in [3.8, 4) is 0 Å². The summed E-state index contributed by atoms with van der Waals surface area (Å²) < 4.78 is 0. The highest BCUT2D eigenvalue weighted by Crippen LogP contribution is 2.44. The number of likely N-dealkylation sites (tertiary alicyclic amines) is 1. The van der Waals surface area contributed by atoms with Crippen LogP contribution in [0.1, 0.15) is 59.2 Å². The molecule has 4 aliphatic heterocycles. The van der Waals surface area contributed by atoms with E-state index in [4.69, 9.17) is 0 Å². The van der Waals surface area contributed by atoms with Crippen LogP contribution in [0, 0.1) is 17.8 Å². The van der Waals surface area contributed by atoms with Gasteiger partial charge in [-0.05, 0) is 75.6 Å². The number of Topliss-reactive ketones (excluding diaryl/α,β-unsaturated/α-hetero) is 1. The maximum Gasteiger partial charge on any atom is 0.310 e. The van der Waals surface area contributed by atoms with Crippen molar-refractivity contribution in [1.82, 2.24) is 15.1 Å². The summed E-state index contributed by atoms with van der Waals surface area (Å²) in [7, 11) is 0. The van der Waals surface area contributed by atoms with E-state index < -0.39 is 17.6 Å². The minimum Gasteiger partial charge on any atom is -0.481 e. The van der Waals surface area contributed by atoms with Crippen LogP contribution in [0.3, 0.4) is 0 Å². The molecular weight excluding hydrogens is 394 g/mol. The van der Waals surface area contributed by atoms with Crippen molar-refractivity contribution < 1.29 is 19.5 Å². The van der Waals surface area contributed by atoms with Gasteiger partial charge >= 0.3 is 5.97 Å². The maximum atomic E-state index is 14.0. The van der Waals surface area contributed by atoms with Crippen LogP contribution in [0.4, 0.5) is 0 Å². The van der Waals surface area contributed by atoms with Gasteiger partial charge in [0.1, 0.15) is 5.92 Å². The Morgan fingerprint density at radius 1 is 0.968 bits per heavy atom. The Kier molecular flexibility index (Phi) is 5.34. The third-order valence-electron chi connectivity index (χ3n) is 8.09. The smallest absolute Gasteiger partial charge is 0.310 e. The van der Waals surface area contributed by atoms with Gasteiger partial charge in [-0.3, -0.25) is 19.3 Å². The molecule has 2 bridgehead atoms. The van der Waals surface area contributed by atoms with E-state index in [2.05, 4.69) is 10.2 Å². The molecule has 31 heavy (non-hydrogen) atoms. The lowest BCUT2D eigenvalue weighted by Crippen LogP contribution is -2.74. The van der Waals surface area contributed by atoms with Crippen molar-refractivity contribution >= 4 is 17.7 Å². The molecule has 2 N–H and O–H groups in total. The molecule has 4 heterocycles. The molecule has 2 atom stereocenters. The summed E-state index contributed by atoms with van der Waals surface area (Å²) in [6.07, 6.45) is 5.28. The second-order valence-corrected chi connectivity index (χ2v) is 9.54. The van der Waals surface area contributed by atoms with Crippen molar-refractivity contribution in [2.75, 3.05) is 32.7 Å². The molecule has 7 nitrogen and oxygen atoms in total. The fourth-order valence-corrected chi connectivity index (χ4v) is 6.57. The number of nitrogens with one attached hydrogen (secondary N) is 1. The van der Waals surface area contributed by atoms with Gasteiger partial charge in [0.2, 0.25) is 5.78 Å². The van der Waals surface area contributed by atoms with E-state index in [-0.39, 0.29) is 11.7 Å². The molecule has 7 heteroatoms. The molecule has 0 spiro atoms. The van der Waals surface area contributed by atoms with Crippen molar-refractivity contribution in [2.45, 2.75) is 44.2 Å². The Bertz CT molecular complexity index is 889. The van der Waals surface area contributed by atoms with Gasteiger partial charge in [-0.2, -0.15) is 0 Å². The molecular formula is C24H31N3O4. The van der Waals surface area contributed by atoms with E-state index in [1.54, 1.807) is 29.2 Å². The van der Waals surface area contributed by atoms with Gasteiger partial charge in [0.05, 0.1) is 0 Å². The summed E-state index contributed by atoms with van der Waals surface area (Å²) in [5, 5.41) is 13.6. The minimum atomic E-state index is -1.42. The van der Waals surface area contributed by atoms with Crippen molar-refractivity contribution in [2.24, 2.45) is 17.8 Å². The molecule has 0 aromatic heterocycles. The number of carboxylic acids is 1. The molecule has 0 radical (unpaired) electrons. The van der Waals surface area contributed by atoms with Gasteiger partial charge < -0.3 is 15.3 Å². The normalized spacial score (nSPS) is 30.7. The van der Waals surface area contributed by atoms with Gasteiger partial charge in [-0.15, -0.1) is 0 Å². The molecule has 1 aromatic rings. The van der Waals surface area contributed by atoms with Crippen LogP contribution in [0.25, 0.3) is 0 Å². The van der Waals surface area contributed by atoms with Crippen LogP contribution < -0.4 is 5.32 Å². The first-order valence-corrected chi connectivity index (χ1v) is 11.7. The molecule has 1 aromatic carbocycles. The molecule has 0 saturated carbocycles. The Labute approximate surface area is 182 Å². The highest BCUT2D eigenvalue weighted by atomic mass is 16.4. The summed E-state index contributed by atoms with van der Waals surface area (Å²) in [5.41, 5.74) is -0.499. The van der Waals surface area contributed by atoms with Crippen LogP contribution in [-0.2, 0) is 4.79 Å². The van der Waals surface area contributed by atoms with Gasteiger partial charge in [0, 0.05) is 30.8 Å². The average Bonchev–Trinajstić information content (AvgIpc) is 2.88. The number of hydrogen-bond acceptors (Lipinski definition) is 5. The number of hydrogen-bond donors (Lipinski definition) is 2. The topological polar surface area (TPSA) is 90.0 Å².